The fraction of sp³-hybridized carbons (Fsp3) is 0.500. The van der Waals surface area contributed by atoms with Gasteiger partial charge in [0.25, 0.3) is 5.91 Å². The first-order chi connectivity index (χ1) is 15.1. The molecule has 1 aromatic carbocycles. The Kier molecular flexibility index (Phi) is 9.97. The van der Waals surface area contributed by atoms with Crippen LogP contribution in [0.15, 0.2) is 14.6 Å². The van der Waals surface area contributed by atoms with Gasteiger partial charge in [-0.15, -0.1) is 15.7 Å². The molecule has 0 spiro atoms. The minimum Gasteiger partial charge on any atom is -0.390 e. The number of carbonyl (C=O) groups is 1. The molecular formula is C22H31FN4O4S3. The van der Waals surface area contributed by atoms with Crippen LogP contribution in [0.4, 0.5) is 4.39 Å². The molecule has 8 nitrogen and oxygen atoms in total. The van der Waals surface area contributed by atoms with E-state index in [-0.39, 0.29) is 57.8 Å². The number of aliphatic hydroxyl groups excluding tert-OH is 1. The molecule has 0 bridgehead atoms. The number of benzene rings is 1. The van der Waals surface area contributed by atoms with Gasteiger partial charge < -0.3 is 10.2 Å². The third-order valence-electron chi connectivity index (χ3n) is 4.93. The van der Waals surface area contributed by atoms with Crippen molar-refractivity contribution >= 4 is 40.7 Å². The van der Waals surface area contributed by atoms with Crippen LogP contribution in [0.1, 0.15) is 86.3 Å². The van der Waals surface area contributed by atoms with Crippen molar-refractivity contribution in [3.8, 4) is 6.07 Å². The van der Waals surface area contributed by atoms with Crippen LogP contribution >= 0.6 is 24.8 Å². The Morgan fingerprint density at radius 1 is 1.35 bits per heavy atom. The Hall–Kier alpha value is -1.88. The first-order valence-electron chi connectivity index (χ1n) is 10.3. The van der Waals surface area contributed by atoms with E-state index in [9.17, 15) is 28.9 Å². The number of nitrogens with two attached hydrogens (primary N) is 1. The van der Waals surface area contributed by atoms with Crippen LogP contribution in [0.3, 0.4) is 0 Å². The molecule has 0 saturated carbocycles. The molecule has 0 saturated heterocycles. The number of thiazole rings is 1. The van der Waals surface area contributed by atoms with E-state index < -0.39 is 33.8 Å². The molecule has 2 aromatic rings. The highest BCUT2D eigenvalue weighted by Gasteiger charge is 2.28. The van der Waals surface area contributed by atoms with E-state index in [4.69, 9.17) is 5.14 Å². The van der Waals surface area contributed by atoms with Gasteiger partial charge >= 0.3 is 0 Å². The molecule has 188 valence electrons. The van der Waals surface area contributed by atoms with Crippen LogP contribution in [-0.4, -0.2) is 25.3 Å². The van der Waals surface area contributed by atoms with Crippen molar-refractivity contribution in [2.24, 2.45) is 9.50 Å². The zero-order valence-corrected chi connectivity index (χ0v) is 22.6. The number of nitriles is 1. The molecular weight excluding hydrogens is 499 g/mol. The molecule has 0 aliphatic heterocycles. The molecule has 1 aromatic heterocycles. The van der Waals surface area contributed by atoms with Crippen LogP contribution in [0, 0.1) is 17.1 Å². The average Bonchev–Trinajstić information content (AvgIpc) is 3.13. The van der Waals surface area contributed by atoms with Gasteiger partial charge in [0.05, 0.1) is 24.3 Å². The molecule has 1 heterocycles. The van der Waals surface area contributed by atoms with Crippen molar-refractivity contribution in [1.29, 1.82) is 5.26 Å². The zero-order valence-electron chi connectivity index (χ0n) is 20.0. The van der Waals surface area contributed by atoms with Gasteiger partial charge in [-0.3, -0.25) is 4.79 Å². The first-order valence-corrected chi connectivity index (χ1v) is 12.7. The summed E-state index contributed by atoms with van der Waals surface area (Å²) in [4.78, 5) is 16.9. The molecule has 4 N–H and O–H groups in total. The number of aromatic nitrogens is 1. The van der Waals surface area contributed by atoms with Crippen molar-refractivity contribution in [1.82, 2.24) is 4.98 Å². The van der Waals surface area contributed by atoms with E-state index in [1.165, 1.54) is 19.9 Å². The maximum Gasteiger partial charge on any atom is 0.259 e. The summed E-state index contributed by atoms with van der Waals surface area (Å²) in [5.74, 6) is -1.96. The minimum absolute atomic E-state index is 0. The lowest BCUT2D eigenvalue weighted by Gasteiger charge is -2.20. The molecule has 0 radical (unpaired) electrons. The van der Waals surface area contributed by atoms with Gasteiger partial charge in [0.1, 0.15) is 26.7 Å². The highest BCUT2D eigenvalue weighted by atomic mass is 32.2. The normalized spacial score (nSPS) is 13.4. The van der Waals surface area contributed by atoms with E-state index in [2.05, 4.69) is 9.35 Å². The smallest absolute Gasteiger partial charge is 0.259 e. The van der Waals surface area contributed by atoms with Crippen molar-refractivity contribution in [3.63, 3.8) is 0 Å². The summed E-state index contributed by atoms with van der Waals surface area (Å²) in [6.45, 7) is 9.57. The van der Waals surface area contributed by atoms with E-state index in [0.29, 0.717) is 11.1 Å². The third kappa shape index (κ3) is 6.41. The number of nitrogens with zero attached hydrogens (tertiary/aromatic N) is 3. The minimum atomic E-state index is -3.79. The number of hydrogen-bond donors (Lipinski definition) is 3. The molecule has 0 fully saturated rings. The predicted octanol–water partition coefficient (Wildman–Crippen LogP) is 3.70. The van der Waals surface area contributed by atoms with Crippen molar-refractivity contribution in [2.45, 2.75) is 76.2 Å². The molecule has 1 amide bonds. The van der Waals surface area contributed by atoms with Gasteiger partial charge in [-0.05, 0) is 48.4 Å². The average molecular weight is 531 g/mol. The maximum absolute atomic E-state index is 15.0. The number of rotatable bonds is 7. The number of amides is 1. The highest BCUT2D eigenvalue weighted by molar-refractivity contribution is 7.93. The van der Waals surface area contributed by atoms with Crippen molar-refractivity contribution < 1.29 is 23.6 Å². The number of hydrogen-bond acceptors (Lipinski definition) is 7. The Morgan fingerprint density at radius 2 is 1.94 bits per heavy atom. The summed E-state index contributed by atoms with van der Waals surface area (Å²) in [5, 5.41) is 35.2. The summed E-state index contributed by atoms with van der Waals surface area (Å²) < 4.78 is 31.8. The molecule has 1 atom stereocenters. The van der Waals surface area contributed by atoms with Gasteiger partial charge in [-0.25, -0.2) is 18.7 Å². The van der Waals surface area contributed by atoms with Crippen LogP contribution in [-0.2, 0) is 33.3 Å². The second-order valence-electron chi connectivity index (χ2n) is 8.84. The summed E-state index contributed by atoms with van der Waals surface area (Å²) in [6, 6.07) is 3.28. The highest BCUT2D eigenvalue weighted by Crippen LogP contribution is 2.34. The zero-order chi connectivity index (χ0) is 25.3. The van der Waals surface area contributed by atoms with Gasteiger partial charge in [0.15, 0.2) is 9.92 Å². The maximum atomic E-state index is 15.0. The quantitative estimate of drug-likeness (QED) is 0.497. The summed E-state index contributed by atoms with van der Waals surface area (Å²) in [6.07, 6.45) is -0.358. The van der Waals surface area contributed by atoms with Crippen LogP contribution in [0.25, 0.3) is 0 Å². The summed E-state index contributed by atoms with van der Waals surface area (Å²) >= 11 is 0.806. The Bertz CT molecular complexity index is 1230. The van der Waals surface area contributed by atoms with E-state index in [1.54, 1.807) is 13.8 Å². The summed E-state index contributed by atoms with van der Waals surface area (Å²) in [5.41, 5.74) is -0.245. The molecule has 12 heteroatoms. The first kappa shape index (κ1) is 30.2. The Balaban J connectivity index is 0.00000578. The van der Waals surface area contributed by atoms with E-state index in [1.807, 2.05) is 19.9 Å². The molecule has 0 aliphatic rings. The summed E-state index contributed by atoms with van der Waals surface area (Å²) in [7, 11) is -3.79. The third-order valence-corrected chi connectivity index (χ3v) is 8.35. The SMILES string of the molecule is CC(C)c1cc(C#N)c(F)c(C(C)C)c1CC(=O)N=S(N)(=O)c1sc(C(C)(C)O)nc1CO.S. The monoisotopic (exact) mass is 530 g/mol. The largest absolute Gasteiger partial charge is 0.390 e. The van der Waals surface area contributed by atoms with Gasteiger partial charge in [0, 0.05) is 0 Å². The molecule has 1 unspecified atom stereocenters. The van der Waals surface area contributed by atoms with Gasteiger partial charge in [0.2, 0.25) is 0 Å². The second-order valence-corrected chi connectivity index (χ2v) is 11.8. The lowest BCUT2D eigenvalue weighted by atomic mass is 9.85. The second kappa shape index (κ2) is 11.2. The predicted molar refractivity (Wildman–Crippen MR) is 135 cm³/mol. The van der Waals surface area contributed by atoms with Crippen molar-refractivity contribution in [3.05, 3.63) is 44.8 Å². The number of halogens is 1. The standard InChI is InChI=1S/C22H29FN4O4S2.H2S/c1-11(2)14-7-13(9-24)19(23)18(12(3)4)15(14)8-17(29)27-33(25,31)20-16(10-28)26-21(32-20)22(5,6)30;/h7,11-12,28,30H,8,10H2,1-6H3,(H2,25,27,29,31);1H2. The lowest BCUT2D eigenvalue weighted by molar-refractivity contribution is -0.117. The molecule has 34 heavy (non-hydrogen) atoms. The van der Waals surface area contributed by atoms with Gasteiger partial charge in [-0.1, -0.05) is 27.7 Å². The van der Waals surface area contributed by atoms with Crippen LogP contribution in [0.2, 0.25) is 0 Å². The number of carbonyl (C=O) groups excluding carboxylic acids is 1. The topological polar surface area (TPSA) is 150 Å². The van der Waals surface area contributed by atoms with E-state index >= 15 is 0 Å². The number of aliphatic hydroxyl groups is 2. The van der Waals surface area contributed by atoms with Crippen molar-refractivity contribution in [2.75, 3.05) is 0 Å². The van der Waals surface area contributed by atoms with Gasteiger partial charge in [-0.2, -0.15) is 18.8 Å². The lowest BCUT2D eigenvalue weighted by Crippen LogP contribution is -2.18. The Morgan fingerprint density at radius 3 is 2.38 bits per heavy atom. The van der Waals surface area contributed by atoms with E-state index in [0.717, 1.165) is 11.3 Å². The Labute approximate surface area is 210 Å². The van der Waals surface area contributed by atoms with Crippen LogP contribution < -0.4 is 5.14 Å². The fourth-order valence-corrected chi connectivity index (χ4v) is 5.97. The van der Waals surface area contributed by atoms with Crippen LogP contribution in [0.5, 0.6) is 0 Å². The molecule has 0 aliphatic carbocycles. The molecule has 2 rings (SSSR count). The fourth-order valence-electron chi connectivity index (χ4n) is 3.44.